The van der Waals surface area contributed by atoms with Gasteiger partial charge in [0.25, 0.3) is 5.91 Å². The van der Waals surface area contributed by atoms with E-state index in [1.165, 1.54) is 31.4 Å². The fourth-order valence-corrected chi connectivity index (χ4v) is 3.04. The van der Waals surface area contributed by atoms with Crippen molar-refractivity contribution in [2.45, 2.75) is 17.4 Å². The molecular weight excluding hydrogens is 358 g/mol. The lowest BCUT2D eigenvalue weighted by Gasteiger charge is -2.18. The van der Waals surface area contributed by atoms with Crippen molar-refractivity contribution in [1.29, 1.82) is 0 Å². The fraction of sp³-hybridized carbons (Fsp3) is 0.222. The normalized spacial score (nSPS) is 12.2. The van der Waals surface area contributed by atoms with E-state index in [0.29, 0.717) is 11.3 Å². The third kappa shape index (κ3) is 5.06. The summed E-state index contributed by atoms with van der Waals surface area (Å²) >= 11 is 0. The van der Waals surface area contributed by atoms with Gasteiger partial charge in [0.15, 0.2) is 9.84 Å². The number of carboxylic acid groups (broad SMARTS) is 1. The van der Waals surface area contributed by atoms with Gasteiger partial charge in [-0.05, 0) is 35.9 Å². The molecule has 7 nitrogen and oxygen atoms in total. The molecule has 8 heteroatoms. The third-order valence-electron chi connectivity index (χ3n) is 3.73. The number of sulfone groups is 1. The molecule has 0 fully saturated rings. The molecule has 1 amide bonds. The number of methoxy groups -OCH3 is 1. The molecule has 0 aliphatic carbocycles. The molecule has 2 aromatic rings. The number of amides is 1. The van der Waals surface area contributed by atoms with Gasteiger partial charge in [0, 0.05) is 11.8 Å². The van der Waals surface area contributed by atoms with Gasteiger partial charge in [-0.15, -0.1) is 0 Å². The highest BCUT2D eigenvalue weighted by molar-refractivity contribution is 7.90. The minimum absolute atomic E-state index is 0.0179. The first-order chi connectivity index (χ1) is 12.2. The summed E-state index contributed by atoms with van der Waals surface area (Å²) in [4.78, 5) is 23.7. The van der Waals surface area contributed by atoms with E-state index in [9.17, 15) is 18.0 Å². The van der Waals surface area contributed by atoms with Crippen molar-refractivity contribution in [1.82, 2.24) is 5.32 Å². The van der Waals surface area contributed by atoms with Crippen molar-refractivity contribution < 1.29 is 27.9 Å². The maximum Gasteiger partial charge on any atom is 0.305 e. The van der Waals surface area contributed by atoms with Gasteiger partial charge >= 0.3 is 5.97 Å². The van der Waals surface area contributed by atoms with Crippen LogP contribution in [0.4, 0.5) is 0 Å². The Morgan fingerprint density at radius 1 is 1.15 bits per heavy atom. The summed E-state index contributed by atoms with van der Waals surface area (Å²) in [6, 6.07) is 11.5. The van der Waals surface area contributed by atoms with Crippen LogP contribution in [-0.4, -0.2) is 38.8 Å². The summed E-state index contributed by atoms with van der Waals surface area (Å²) in [6.07, 6.45) is 0.735. The number of hydrogen-bond donors (Lipinski definition) is 2. The van der Waals surface area contributed by atoms with Crippen molar-refractivity contribution in [3.63, 3.8) is 0 Å². The Labute approximate surface area is 151 Å². The fourth-order valence-electron chi connectivity index (χ4n) is 2.37. The Hall–Kier alpha value is -2.87. The van der Waals surface area contributed by atoms with Gasteiger partial charge in [0.05, 0.1) is 24.5 Å². The van der Waals surface area contributed by atoms with Gasteiger partial charge in [-0.25, -0.2) is 8.42 Å². The van der Waals surface area contributed by atoms with Crippen LogP contribution in [0.2, 0.25) is 0 Å². The third-order valence-corrected chi connectivity index (χ3v) is 4.84. The lowest BCUT2D eigenvalue weighted by molar-refractivity contribution is -0.137. The summed E-state index contributed by atoms with van der Waals surface area (Å²) in [7, 11) is -1.94. The summed E-state index contributed by atoms with van der Waals surface area (Å²) in [5, 5.41) is 11.8. The number of nitrogens with one attached hydrogen (secondary N) is 1. The van der Waals surface area contributed by atoms with E-state index in [1.54, 1.807) is 24.3 Å². The largest absolute Gasteiger partial charge is 0.497 e. The topological polar surface area (TPSA) is 110 Å². The van der Waals surface area contributed by atoms with E-state index in [1.807, 2.05) is 0 Å². The van der Waals surface area contributed by atoms with Gasteiger partial charge in [-0.2, -0.15) is 0 Å². The molecule has 0 radical (unpaired) electrons. The average Bonchev–Trinajstić information content (AvgIpc) is 2.60. The average molecular weight is 377 g/mol. The molecule has 0 bridgehead atoms. The number of carboxylic acids is 1. The minimum Gasteiger partial charge on any atom is -0.497 e. The van der Waals surface area contributed by atoms with Gasteiger partial charge in [0.2, 0.25) is 0 Å². The van der Waals surface area contributed by atoms with Crippen molar-refractivity contribution in [3.05, 3.63) is 59.7 Å². The second-order valence-electron chi connectivity index (χ2n) is 5.70. The van der Waals surface area contributed by atoms with Crippen molar-refractivity contribution >= 4 is 21.7 Å². The molecule has 0 aliphatic heterocycles. The zero-order valence-corrected chi connectivity index (χ0v) is 15.1. The molecule has 2 rings (SSSR count). The van der Waals surface area contributed by atoms with E-state index in [2.05, 4.69) is 5.32 Å². The first-order valence-electron chi connectivity index (χ1n) is 7.67. The van der Waals surface area contributed by atoms with Gasteiger partial charge < -0.3 is 15.2 Å². The Balaban J connectivity index is 2.27. The van der Waals surface area contributed by atoms with Crippen LogP contribution in [0.3, 0.4) is 0 Å². The summed E-state index contributed by atoms with van der Waals surface area (Å²) in [5.41, 5.74) is 0.734. The molecule has 0 aliphatic rings. The molecule has 0 heterocycles. The smallest absolute Gasteiger partial charge is 0.305 e. The second-order valence-corrected chi connectivity index (χ2v) is 7.71. The van der Waals surface area contributed by atoms with Gasteiger partial charge in [-0.3, -0.25) is 9.59 Å². The molecular formula is C18H19NO6S. The number of hydrogen-bond acceptors (Lipinski definition) is 5. The molecule has 1 unspecified atom stereocenters. The molecule has 0 saturated carbocycles. The maximum atomic E-state index is 12.5. The van der Waals surface area contributed by atoms with Crippen LogP contribution >= 0.6 is 0 Å². The van der Waals surface area contributed by atoms with Crippen LogP contribution in [0.25, 0.3) is 0 Å². The highest BCUT2D eigenvalue weighted by Gasteiger charge is 2.20. The minimum atomic E-state index is -3.45. The standard InChI is InChI=1S/C18H19NO6S/c1-25-14-8-6-12(7-9-14)16(11-17(20)21)19-18(22)13-4-3-5-15(10-13)26(2,23)24/h3-10,16H,11H2,1-2H3,(H,19,22)(H,20,21). The Morgan fingerprint density at radius 3 is 2.35 bits per heavy atom. The Bertz CT molecular complexity index is 906. The van der Waals surface area contributed by atoms with Crippen molar-refractivity contribution in [2.24, 2.45) is 0 Å². The SMILES string of the molecule is COc1ccc(C(CC(=O)O)NC(=O)c2cccc(S(C)(=O)=O)c2)cc1. The molecule has 2 aromatic carbocycles. The Kier molecular flexibility index (Phi) is 5.99. The second kappa shape index (κ2) is 8.01. The first kappa shape index (κ1) is 19.5. The number of carbonyl (C=O) groups is 2. The lowest BCUT2D eigenvalue weighted by Crippen LogP contribution is -2.30. The molecule has 0 saturated heterocycles. The predicted octanol–water partition coefficient (Wildman–Crippen LogP) is 2.04. The van der Waals surface area contributed by atoms with Crippen LogP contribution in [-0.2, 0) is 14.6 Å². The van der Waals surface area contributed by atoms with Crippen molar-refractivity contribution in [2.75, 3.05) is 13.4 Å². The van der Waals surface area contributed by atoms with Crippen LogP contribution < -0.4 is 10.1 Å². The van der Waals surface area contributed by atoms with E-state index >= 15 is 0 Å². The number of rotatable bonds is 7. The quantitative estimate of drug-likeness (QED) is 0.764. The van der Waals surface area contributed by atoms with E-state index in [4.69, 9.17) is 9.84 Å². The molecule has 2 N–H and O–H groups in total. The summed E-state index contributed by atoms with van der Waals surface area (Å²) in [6.45, 7) is 0. The number of benzene rings is 2. The molecule has 26 heavy (non-hydrogen) atoms. The number of ether oxygens (including phenoxy) is 1. The first-order valence-corrected chi connectivity index (χ1v) is 9.56. The van der Waals surface area contributed by atoms with E-state index in [0.717, 1.165) is 6.26 Å². The number of carbonyl (C=O) groups excluding carboxylic acids is 1. The summed E-state index contributed by atoms with van der Waals surface area (Å²) in [5.74, 6) is -1.02. The zero-order chi connectivity index (χ0) is 19.3. The van der Waals surface area contributed by atoms with E-state index < -0.39 is 27.8 Å². The van der Waals surface area contributed by atoms with Gasteiger partial charge in [0.1, 0.15) is 5.75 Å². The lowest BCUT2D eigenvalue weighted by atomic mass is 10.0. The van der Waals surface area contributed by atoms with Crippen LogP contribution in [0.15, 0.2) is 53.4 Å². The van der Waals surface area contributed by atoms with Crippen LogP contribution in [0, 0.1) is 0 Å². The zero-order valence-electron chi connectivity index (χ0n) is 14.3. The van der Waals surface area contributed by atoms with Gasteiger partial charge in [-0.1, -0.05) is 18.2 Å². The molecule has 1 atom stereocenters. The van der Waals surface area contributed by atoms with Crippen LogP contribution in [0.1, 0.15) is 28.4 Å². The van der Waals surface area contributed by atoms with E-state index in [-0.39, 0.29) is 16.9 Å². The summed E-state index contributed by atoms with van der Waals surface area (Å²) < 4.78 is 28.3. The maximum absolute atomic E-state index is 12.5. The molecule has 0 aromatic heterocycles. The predicted molar refractivity (Wildman–Crippen MR) is 95.0 cm³/mol. The number of aliphatic carboxylic acids is 1. The monoisotopic (exact) mass is 377 g/mol. The molecule has 0 spiro atoms. The van der Waals surface area contributed by atoms with Crippen LogP contribution in [0.5, 0.6) is 5.75 Å². The van der Waals surface area contributed by atoms with Crippen molar-refractivity contribution in [3.8, 4) is 5.75 Å². The molecule has 138 valence electrons. The highest BCUT2D eigenvalue weighted by Crippen LogP contribution is 2.21. The Morgan fingerprint density at radius 2 is 1.81 bits per heavy atom. The highest BCUT2D eigenvalue weighted by atomic mass is 32.2.